The number of hydrogen-bond donors (Lipinski definition) is 2. The average molecular weight is 701 g/mol. The number of piperidine rings is 1. The predicted molar refractivity (Wildman–Crippen MR) is 196 cm³/mol. The van der Waals surface area contributed by atoms with Crippen molar-refractivity contribution in [1.82, 2.24) is 20.2 Å². The van der Waals surface area contributed by atoms with E-state index in [-0.39, 0.29) is 36.3 Å². The lowest BCUT2D eigenvalue weighted by molar-refractivity contribution is -0.278. The highest BCUT2D eigenvalue weighted by Crippen LogP contribution is 2.43. The van der Waals surface area contributed by atoms with Gasteiger partial charge < -0.3 is 34.3 Å². The van der Waals surface area contributed by atoms with Gasteiger partial charge in [0.2, 0.25) is 0 Å². The highest BCUT2D eigenvalue weighted by atomic mass is 16.7. The number of aliphatic hydroxyl groups excluding tert-OH is 1. The molecule has 52 heavy (non-hydrogen) atoms. The number of hydrogen-bond acceptors (Lipinski definition) is 9. The summed E-state index contributed by atoms with van der Waals surface area (Å²) in [6.07, 6.45) is 2.36. The SMILES string of the molecule is C[C@H]1[C@@H](CN2CCC3(CC2)OCCO3)O[C@@H](c2cccc(-c3cccc(CNC(=O)c4cnc5ccccc5n4)c3)c2)O[C@H]1c1ccc(CO)cc1. The number of carbonyl (C=O) groups excluding carboxylic acids is 1. The zero-order valence-electron chi connectivity index (χ0n) is 29.3. The first kappa shape index (κ1) is 34.5. The molecule has 10 nitrogen and oxygen atoms in total. The summed E-state index contributed by atoms with van der Waals surface area (Å²) in [6, 6.07) is 32.0. The number of fused-ring (bicyclic) bond motifs is 1. The molecule has 5 aromatic rings. The molecule has 3 fully saturated rings. The fourth-order valence-electron chi connectivity index (χ4n) is 7.51. The Morgan fingerprint density at radius 2 is 1.58 bits per heavy atom. The smallest absolute Gasteiger partial charge is 0.271 e. The summed E-state index contributed by atoms with van der Waals surface area (Å²) in [5.74, 6) is -0.611. The van der Waals surface area contributed by atoms with Gasteiger partial charge in [-0.3, -0.25) is 9.78 Å². The van der Waals surface area contributed by atoms with E-state index in [0.29, 0.717) is 25.3 Å². The molecule has 0 unspecified atom stereocenters. The maximum atomic E-state index is 13.0. The molecule has 0 aliphatic carbocycles. The van der Waals surface area contributed by atoms with Crippen molar-refractivity contribution in [2.45, 2.75) is 57.2 Å². The first-order valence-corrected chi connectivity index (χ1v) is 18.2. The maximum absolute atomic E-state index is 13.0. The van der Waals surface area contributed by atoms with Crippen molar-refractivity contribution in [3.8, 4) is 11.1 Å². The lowest BCUT2D eigenvalue weighted by Crippen LogP contribution is -2.50. The van der Waals surface area contributed by atoms with Crippen LogP contribution < -0.4 is 5.32 Å². The molecule has 1 amide bonds. The number of amides is 1. The van der Waals surface area contributed by atoms with Crippen molar-refractivity contribution in [1.29, 1.82) is 0 Å². The third-order valence-corrected chi connectivity index (χ3v) is 10.5. The fraction of sp³-hybridized carbons (Fsp3) is 0.357. The number of para-hydroxylation sites is 2. The molecule has 268 valence electrons. The van der Waals surface area contributed by atoms with Crippen molar-refractivity contribution in [3.63, 3.8) is 0 Å². The van der Waals surface area contributed by atoms with Crippen LogP contribution in [-0.4, -0.2) is 70.6 Å². The molecule has 8 rings (SSSR count). The van der Waals surface area contributed by atoms with Crippen LogP contribution in [0, 0.1) is 5.92 Å². The third-order valence-electron chi connectivity index (χ3n) is 10.5. The van der Waals surface area contributed by atoms with Gasteiger partial charge in [-0.05, 0) is 52.1 Å². The van der Waals surface area contributed by atoms with Crippen molar-refractivity contribution in [2.75, 3.05) is 32.8 Å². The van der Waals surface area contributed by atoms with Crippen LogP contribution in [0.2, 0.25) is 0 Å². The van der Waals surface area contributed by atoms with Crippen molar-refractivity contribution < 1.29 is 28.8 Å². The second-order valence-electron chi connectivity index (χ2n) is 14.0. The van der Waals surface area contributed by atoms with E-state index in [2.05, 4.69) is 69.6 Å². The molecule has 4 atom stereocenters. The molecule has 3 saturated heterocycles. The number of aromatic nitrogens is 2. The van der Waals surface area contributed by atoms with Gasteiger partial charge in [-0.25, -0.2) is 4.98 Å². The van der Waals surface area contributed by atoms with Gasteiger partial charge in [0.05, 0.1) is 49.3 Å². The largest absolute Gasteiger partial charge is 0.392 e. The van der Waals surface area contributed by atoms with Gasteiger partial charge in [0.15, 0.2) is 12.1 Å². The number of aliphatic hydroxyl groups is 1. The Morgan fingerprint density at radius 3 is 2.35 bits per heavy atom. The molecule has 2 N–H and O–H groups in total. The molecule has 10 heteroatoms. The van der Waals surface area contributed by atoms with Gasteiger partial charge >= 0.3 is 0 Å². The Bertz CT molecular complexity index is 2010. The van der Waals surface area contributed by atoms with Crippen molar-refractivity contribution in [2.24, 2.45) is 5.92 Å². The number of nitrogens with one attached hydrogen (secondary N) is 1. The zero-order chi connectivity index (χ0) is 35.5. The van der Waals surface area contributed by atoms with E-state index in [0.717, 1.165) is 71.4 Å². The fourth-order valence-corrected chi connectivity index (χ4v) is 7.51. The Kier molecular flexibility index (Phi) is 10.1. The predicted octanol–water partition coefficient (Wildman–Crippen LogP) is 6.35. The normalized spacial score (nSPS) is 23.2. The number of rotatable bonds is 9. The standard InChI is InChI=1S/C42H44N4O6/c1-28-38(26-46-18-16-42(17-19-46)49-20-21-50-42)51-41(52-39(28)31-14-12-29(27-47)13-15-31)34-9-5-8-33(23-34)32-7-4-6-30(22-32)24-44-40(48)37-25-43-35-10-2-3-11-36(35)45-37/h2-15,22-23,25,28,38-39,41,47H,16-21,24,26-27H2,1H3,(H,44,48)/t28-,38+,39+,41+/m0/s1. The van der Waals surface area contributed by atoms with Gasteiger partial charge in [0, 0.05) is 50.5 Å². The van der Waals surface area contributed by atoms with Gasteiger partial charge in [-0.15, -0.1) is 0 Å². The molecule has 3 aliphatic rings. The summed E-state index contributed by atoms with van der Waals surface area (Å²) < 4.78 is 25.6. The van der Waals surface area contributed by atoms with Gasteiger partial charge in [-0.1, -0.05) is 79.7 Å². The van der Waals surface area contributed by atoms with E-state index in [9.17, 15) is 9.90 Å². The van der Waals surface area contributed by atoms with E-state index >= 15 is 0 Å². The van der Waals surface area contributed by atoms with Crippen molar-refractivity contribution >= 4 is 16.9 Å². The Labute approximate surface area is 303 Å². The molecule has 4 heterocycles. The molecule has 1 aromatic heterocycles. The van der Waals surface area contributed by atoms with Crippen molar-refractivity contribution in [3.05, 3.63) is 131 Å². The summed E-state index contributed by atoms with van der Waals surface area (Å²) in [5.41, 5.74) is 7.60. The van der Waals surface area contributed by atoms with Crippen LogP contribution in [0.1, 0.15) is 64.9 Å². The molecule has 4 aromatic carbocycles. The first-order chi connectivity index (χ1) is 25.4. The molecular weight excluding hydrogens is 656 g/mol. The number of ether oxygens (including phenoxy) is 4. The average Bonchev–Trinajstić information content (AvgIpc) is 3.66. The minimum Gasteiger partial charge on any atom is -0.392 e. The molecule has 3 aliphatic heterocycles. The summed E-state index contributed by atoms with van der Waals surface area (Å²) in [6.45, 7) is 6.43. The summed E-state index contributed by atoms with van der Waals surface area (Å²) in [7, 11) is 0. The summed E-state index contributed by atoms with van der Waals surface area (Å²) >= 11 is 0. The van der Waals surface area contributed by atoms with E-state index in [1.54, 1.807) is 0 Å². The topological polar surface area (TPSA) is 115 Å². The second-order valence-corrected chi connectivity index (χ2v) is 14.0. The Balaban J connectivity index is 0.989. The Morgan fingerprint density at radius 1 is 0.846 bits per heavy atom. The minimum absolute atomic E-state index is 0.000894. The van der Waals surface area contributed by atoms with Crippen LogP contribution in [0.3, 0.4) is 0 Å². The molecule has 0 radical (unpaired) electrons. The van der Waals surface area contributed by atoms with E-state index in [4.69, 9.17) is 18.9 Å². The van der Waals surface area contributed by atoms with Crippen LogP contribution in [0.5, 0.6) is 0 Å². The first-order valence-electron chi connectivity index (χ1n) is 18.2. The molecule has 0 saturated carbocycles. The van der Waals surface area contributed by atoms with Gasteiger partial charge in [0.25, 0.3) is 5.91 Å². The molecule has 0 bridgehead atoms. The summed E-state index contributed by atoms with van der Waals surface area (Å²) in [4.78, 5) is 24.3. The van der Waals surface area contributed by atoms with Crippen LogP contribution in [0.25, 0.3) is 22.2 Å². The van der Waals surface area contributed by atoms with Crippen LogP contribution >= 0.6 is 0 Å². The van der Waals surface area contributed by atoms with E-state index in [1.165, 1.54) is 6.20 Å². The maximum Gasteiger partial charge on any atom is 0.271 e. The van der Waals surface area contributed by atoms with Crippen LogP contribution in [-0.2, 0) is 32.1 Å². The quantitative estimate of drug-likeness (QED) is 0.182. The number of benzene rings is 4. The van der Waals surface area contributed by atoms with E-state index < -0.39 is 12.1 Å². The van der Waals surface area contributed by atoms with Crippen LogP contribution in [0.4, 0.5) is 0 Å². The highest BCUT2D eigenvalue weighted by molar-refractivity contribution is 5.93. The molecular formula is C42H44N4O6. The monoisotopic (exact) mass is 700 g/mol. The van der Waals surface area contributed by atoms with Crippen LogP contribution in [0.15, 0.2) is 103 Å². The Hall–Kier alpha value is -4.55. The minimum atomic E-state index is -0.577. The van der Waals surface area contributed by atoms with Gasteiger partial charge in [-0.2, -0.15) is 0 Å². The number of carbonyl (C=O) groups is 1. The highest BCUT2D eigenvalue weighted by Gasteiger charge is 2.43. The lowest BCUT2D eigenvalue weighted by atomic mass is 9.89. The third kappa shape index (κ3) is 7.50. The lowest BCUT2D eigenvalue weighted by Gasteiger charge is -2.44. The number of likely N-dealkylation sites (tertiary alicyclic amines) is 1. The summed E-state index contributed by atoms with van der Waals surface area (Å²) in [5, 5.41) is 12.6. The molecule has 1 spiro atoms. The zero-order valence-corrected chi connectivity index (χ0v) is 29.3. The van der Waals surface area contributed by atoms with Gasteiger partial charge in [0.1, 0.15) is 5.69 Å². The van der Waals surface area contributed by atoms with E-state index in [1.807, 2.05) is 54.6 Å². The number of nitrogens with zero attached hydrogens (tertiary/aromatic N) is 3. The second kappa shape index (κ2) is 15.2.